The van der Waals surface area contributed by atoms with Crippen LogP contribution in [0.3, 0.4) is 0 Å². The zero-order valence-corrected chi connectivity index (χ0v) is 9.20. The lowest BCUT2D eigenvalue weighted by Crippen LogP contribution is -1.79. The van der Waals surface area contributed by atoms with Gasteiger partial charge in [-0.2, -0.15) is 0 Å². The van der Waals surface area contributed by atoms with Gasteiger partial charge in [-0.1, -0.05) is 41.9 Å². The SMILES string of the molecule is Oc1ccc2c(c1)cc(Cl)c1ccccc12. The minimum atomic E-state index is 0.263. The van der Waals surface area contributed by atoms with Crippen LogP contribution in [0, 0.1) is 0 Å². The van der Waals surface area contributed by atoms with E-state index in [-0.39, 0.29) is 5.75 Å². The predicted octanol–water partition coefficient (Wildman–Crippen LogP) is 4.35. The van der Waals surface area contributed by atoms with Crippen LogP contribution in [0.15, 0.2) is 48.5 Å². The van der Waals surface area contributed by atoms with E-state index >= 15 is 0 Å². The molecule has 0 unspecified atom stereocenters. The smallest absolute Gasteiger partial charge is 0.116 e. The van der Waals surface area contributed by atoms with Crippen molar-refractivity contribution < 1.29 is 5.11 Å². The van der Waals surface area contributed by atoms with Gasteiger partial charge in [-0.3, -0.25) is 0 Å². The van der Waals surface area contributed by atoms with Crippen LogP contribution in [0.5, 0.6) is 5.75 Å². The molecule has 1 nitrogen and oxygen atoms in total. The predicted molar refractivity (Wildman–Crippen MR) is 68.1 cm³/mol. The van der Waals surface area contributed by atoms with Crippen molar-refractivity contribution >= 4 is 33.1 Å². The van der Waals surface area contributed by atoms with Gasteiger partial charge < -0.3 is 5.11 Å². The Morgan fingerprint density at radius 1 is 0.812 bits per heavy atom. The molecule has 0 saturated carbocycles. The highest BCUT2D eigenvalue weighted by molar-refractivity contribution is 6.37. The maximum atomic E-state index is 9.45. The Hall–Kier alpha value is -1.73. The molecule has 0 saturated heterocycles. The van der Waals surface area contributed by atoms with Gasteiger partial charge in [0.15, 0.2) is 0 Å². The summed E-state index contributed by atoms with van der Waals surface area (Å²) in [6.07, 6.45) is 0. The molecule has 0 spiro atoms. The zero-order valence-electron chi connectivity index (χ0n) is 8.44. The molecule has 2 heteroatoms. The molecule has 0 amide bonds. The third-order valence-corrected chi connectivity index (χ3v) is 3.10. The Morgan fingerprint density at radius 2 is 1.56 bits per heavy atom. The second-order valence-electron chi connectivity index (χ2n) is 3.81. The summed E-state index contributed by atoms with van der Waals surface area (Å²) in [6.45, 7) is 0. The van der Waals surface area contributed by atoms with E-state index in [0.717, 1.165) is 21.5 Å². The number of phenols is 1. The lowest BCUT2D eigenvalue weighted by Gasteiger charge is -2.06. The van der Waals surface area contributed by atoms with Crippen LogP contribution in [0.25, 0.3) is 21.5 Å². The van der Waals surface area contributed by atoms with E-state index in [2.05, 4.69) is 0 Å². The summed E-state index contributed by atoms with van der Waals surface area (Å²) >= 11 is 6.21. The highest BCUT2D eigenvalue weighted by atomic mass is 35.5. The van der Waals surface area contributed by atoms with Gasteiger partial charge in [-0.05, 0) is 34.4 Å². The molecule has 3 rings (SSSR count). The van der Waals surface area contributed by atoms with E-state index in [9.17, 15) is 5.11 Å². The summed E-state index contributed by atoms with van der Waals surface area (Å²) in [4.78, 5) is 0. The summed E-state index contributed by atoms with van der Waals surface area (Å²) < 4.78 is 0. The van der Waals surface area contributed by atoms with Gasteiger partial charge in [0.05, 0.1) is 0 Å². The second kappa shape index (κ2) is 3.39. The van der Waals surface area contributed by atoms with Gasteiger partial charge in [-0.25, -0.2) is 0 Å². The first-order valence-corrected chi connectivity index (χ1v) is 5.43. The number of hydrogen-bond donors (Lipinski definition) is 1. The van der Waals surface area contributed by atoms with E-state index in [4.69, 9.17) is 11.6 Å². The van der Waals surface area contributed by atoms with Crippen LogP contribution in [0.1, 0.15) is 0 Å². The molecule has 3 aromatic carbocycles. The number of halogens is 1. The fourth-order valence-corrected chi connectivity index (χ4v) is 2.34. The lowest BCUT2D eigenvalue weighted by molar-refractivity contribution is 0.476. The Labute approximate surface area is 97.9 Å². The maximum absolute atomic E-state index is 9.45. The maximum Gasteiger partial charge on any atom is 0.116 e. The monoisotopic (exact) mass is 228 g/mol. The quantitative estimate of drug-likeness (QED) is 0.567. The Kier molecular flexibility index (Phi) is 2.01. The van der Waals surface area contributed by atoms with Crippen LogP contribution in [-0.4, -0.2) is 5.11 Å². The molecule has 16 heavy (non-hydrogen) atoms. The van der Waals surface area contributed by atoms with Crippen molar-refractivity contribution in [1.29, 1.82) is 0 Å². The Balaban J connectivity index is 2.59. The minimum Gasteiger partial charge on any atom is -0.508 e. The highest BCUT2D eigenvalue weighted by Crippen LogP contribution is 2.32. The molecule has 0 bridgehead atoms. The molecule has 0 radical (unpaired) electrons. The van der Waals surface area contributed by atoms with Crippen molar-refractivity contribution in [3.63, 3.8) is 0 Å². The number of phenolic OH excluding ortho intramolecular Hbond substituents is 1. The van der Waals surface area contributed by atoms with E-state index in [1.165, 1.54) is 0 Å². The van der Waals surface area contributed by atoms with Gasteiger partial charge in [0.25, 0.3) is 0 Å². The van der Waals surface area contributed by atoms with E-state index in [1.807, 2.05) is 36.4 Å². The summed E-state index contributed by atoms with van der Waals surface area (Å²) in [6, 6.07) is 15.2. The van der Waals surface area contributed by atoms with Gasteiger partial charge in [0.1, 0.15) is 5.75 Å². The largest absolute Gasteiger partial charge is 0.508 e. The molecule has 1 N–H and O–H groups in total. The summed E-state index contributed by atoms with van der Waals surface area (Å²) in [7, 11) is 0. The molecule has 0 heterocycles. The number of rotatable bonds is 0. The molecular formula is C14H9ClO. The molecular weight excluding hydrogens is 220 g/mol. The van der Waals surface area contributed by atoms with Crippen molar-refractivity contribution in [1.82, 2.24) is 0 Å². The Bertz CT molecular complexity index is 689. The van der Waals surface area contributed by atoms with Crippen LogP contribution < -0.4 is 0 Å². The summed E-state index contributed by atoms with van der Waals surface area (Å²) in [5.74, 6) is 0.263. The molecule has 0 fully saturated rings. The van der Waals surface area contributed by atoms with Crippen LogP contribution in [0.4, 0.5) is 0 Å². The van der Waals surface area contributed by atoms with E-state index < -0.39 is 0 Å². The average Bonchev–Trinajstić information content (AvgIpc) is 2.29. The first-order valence-electron chi connectivity index (χ1n) is 5.06. The van der Waals surface area contributed by atoms with Crippen molar-refractivity contribution in [2.45, 2.75) is 0 Å². The molecule has 0 atom stereocenters. The summed E-state index contributed by atoms with van der Waals surface area (Å²) in [5.41, 5.74) is 0. The molecule has 78 valence electrons. The van der Waals surface area contributed by atoms with Gasteiger partial charge >= 0.3 is 0 Å². The normalized spacial score (nSPS) is 11.1. The Morgan fingerprint density at radius 3 is 2.38 bits per heavy atom. The van der Waals surface area contributed by atoms with E-state index in [0.29, 0.717) is 5.02 Å². The standard InChI is InChI=1S/C14H9ClO/c15-14-8-9-7-10(16)5-6-11(9)12-3-1-2-4-13(12)14/h1-8,16H. The van der Waals surface area contributed by atoms with Gasteiger partial charge in [0, 0.05) is 10.4 Å². The number of benzene rings is 3. The highest BCUT2D eigenvalue weighted by Gasteiger charge is 2.04. The van der Waals surface area contributed by atoms with E-state index in [1.54, 1.807) is 12.1 Å². The fourth-order valence-electron chi connectivity index (χ4n) is 2.06. The molecule has 0 aliphatic heterocycles. The topological polar surface area (TPSA) is 20.2 Å². The number of aromatic hydroxyl groups is 1. The van der Waals surface area contributed by atoms with Gasteiger partial charge in [0.2, 0.25) is 0 Å². The van der Waals surface area contributed by atoms with Crippen molar-refractivity contribution in [3.8, 4) is 5.75 Å². The third-order valence-electron chi connectivity index (χ3n) is 2.79. The van der Waals surface area contributed by atoms with Crippen molar-refractivity contribution in [2.75, 3.05) is 0 Å². The zero-order chi connectivity index (χ0) is 11.1. The molecule has 0 aromatic heterocycles. The first kappa shape index (κ1) is 9.49. The first-order chi connectivity index (χ1) is 7.75. The van der Waals surface area contributed by atoms with Gasteiger partial charge in [-0.15, -0.1) is 0 Å². The lowest BCUT2D eigenvalue weighted by atomic mass is 10.0. The van der Waals surface area contributed by atoms with Crippen molar-refractivity contribution in [2.24, 2.45) is 0 Å². The molecule has 0 aliphatic carbocycles. The van der Waals surface area contributed by atoms with Crippen LogP contribution in [-0.2, 0) is 0 Å². The van der Waals surface area contributed by atoms with Crippen molar-refractivity contribution in [3.05, 3.63) is 53.6 Å². The third kappa shape index (κ3) is 1.33. The fraction of sp³-hybridized carbons (Fsp3) is 0. The average molecular weight is 229 g/mol. The number of fused-ring (bicyclic) bond motifs is 3. The minimum absolute atomic E-state index is 0.263. The second-order valence-corrected chi connectivity index (χ2v) is 4.22. The molecule has 0 aliphatic rings. The molecule has 3 aromatic rings. The summed E-state index contributed by atoms with van der Waals surface area (Å²) in [5, 5.41) is 14.4. The van der Waals surface area contributed by atoms with Crippen LogP contribution >= 0.6 is 11.6 Å². The van der Waals surface area contributed by atoms with Crippen LogP contribution in [0.2, 0.25) is 5.02 Å². The number of hydrogen-bond acceptors (Lipinski definition) is 1.